The third-order valence-electron chi connectivity index (χ3n) is 3.08. The van der Waals surface area contributed by atoms with Crippen molar-refractivity contribution < 1.29 is 23.8 Å². The molecular weight excluding hydrogens is 286 g/mol. The number of pyridine rings is 1. The van der Waals surface area contributed by atoms with Crippen LogP contribution in [0.15, 0.2) is 42.7 Å². The summed E-state index contributed by atoms with van der Waals surface area (Å²) >= 11 is 0. The second-order valence-corrected chi connectivity index (χ2v) is 4.61. The molecule has 2 rings (SSSR count). The summed E-state index contributed by atoms with van der Waals surface area (Å²) in [5.41, 5.74) is 1.38. The number of aromatic nitrogens is 1. The van der Waals surface area contributed by atoms with Gasteiger partial charge in [0, 0.05) is 23.3 Å². The highest BCUT2D eigenvalue weighted by atomic mass is 16.5. The molecule has 0 spiro atoms. The Morgan fingerprint density at radius 1 is 1.14 bits per heavy atom. The predicted molar refractivity (Wildman–Crippen MR) is 77.5 cm³/mol. The van der Waals surface area contributed by atoms with Crippen LogP contribution in [0.25, 0.3) is 0 Å². The van der Waals surface area contributed by atoms with E-state index in [1.165, 1.54) is 38.6 Å². The molecule has 0 fully saturated rings. The number of hydrogen-bond donors (Lipinski definition) is 0. The summed E-state index contributed by atoms with van der Waals surface area (Å²) in [6.07, 6.45) is 2.43. The summed E-state index contributed by atoms with van der Waals surface area (Å²) in [4.78, 5) is 23.3. The average molecular weight is 301 g/mol. The van der Waals surface area contributed by atoms with Crippen molar-refractivity contribution in [3.05, 3.63) is 64.6 Å². The largest absolute Gasteiger partial charge is 0.619 e. The van der Waals surface area contributed by atoms with Gasteiger partial charge >= 0.3 is 5.97 Å². The van der Waals surface area contributed by atoms with Gasteiger partial charge in [0.05, 0.1) is 12.7 Å². The van der Waals surface area contributed by atoms with Gasteiger partial charge in [0.25, 0.3) is 0 Å². The van der Waals surface area contributed by atoms with Gasteiger partial charge in [-0.15, -0.1) is 0 Å². The molecule has 0 radical (unpaired) electrons. The Kier molecular flexibility index (Phi) is 4.73. The van der Waals surface area contributed by atoms with E-state index in [1.807, 2.05) is 0 Å². The molecular formula is C16H15NO5. The molecule has 0 bridgehead atoms. The van der Waals surface area contributed by atoms with E-state index in [2.05, 4.69) is 0 Å². The molecule has 0 saturated heterocycles. The number of Topliss-reactive ketones (excluding diaryl/α,β-unsaturated/α-hetero) is 1. The van der Waals surface area contributed by atoms with Crippen LogP contribution in [0.2, 0.25) is 0 Å². The lowest BCUT2D eigenvalue weighted by atomic mass is 10.1. The van der Waals surface area contributed by atoms with Gasteiger partial charge in [0.2, 0.25) is 0 Å². The van der Waals surface area contributed by atoms with E-state index in [0.717, 1.165) is 0 Å². The molecule has 0 atom stereocenters. The molecule has 0 unspecified atom stereocenters. The zero-order valence-electron chi connectivity index (χ0n) is 12.2. The summed E-state index contributed by atoms with van der Waals surface area (Å²) in [6, 6.07) is 7.68. The van der Waals surface area contributed by atoms with Crippen molar-refractivity contribution in [3.63, 3.8) is 0 Å². The van der Waals surface area contributed by atoms with Gasteiger partial charge in [-0.3, -0.25) is 4.79 Å². The third-order valence-corrected chi connectivity index (χ3v) is 3.08. The Morgan fingerprint density at radius 3 is 2.41 bits per heavy atom. The SMILES string of the molecule is COc1ccc(C(C)=O)cc1COC(=O)c1cc[n+]([O-])cc1. The molecule has 0 aliphatic carbocycles. The number of ketones is 1. The molecule has 0 aliphatic rings. The summed E-state index contributed by atoms with van der Waals surface area (Å²) < 4.78 is 11.0. The van der Waals surface area contributed by atoms with Crippen LogP contribution in [0.3, 0.4) is 0 Å². The Bertz CT molecular complexity index is 694. The van der Waals surface area contributed by atoms with Crippen molar-refractivity contribution in [3.8, 4) is 5.75 Å². The zero-order chi connectivity index (χ0) is 16.1. The first-order chi connectivity index (χ1) is 10.5. The zero-order valence-corrected chi connectivity index (χ0v) is 12.2. The quantitative estimate of drug-likeness (QED) is 0.365. The number of carbonyl (C=O) groups excluding carboxylic acids is 2. The summed E-state index contributed by atoms with van der Waals surface area (Å²) in [5, 5.41) is 10.9. The molecule has 1 aromatic heterocycles. The number of nitrogens with zero attached hydrogens (tertiary/aromatic N) is 1. The minimum absolute atomic E-state index is 0.0323. The Morgan fingerprint density at radius 2 is 1.82 bits per heavy atom. The van der Waals surface area contributed by atoms with E-state index < -0.39 is 5.97 Å². The highest BCUT2D eigenvalue weighted by molar-refractivity contribution is 5.94. The maximum absolute atomic E-state index is 11.9. The van der Waals surface area contributed by atoms with Crippen LogP contribution in [0, 0.1) is 5.21 Å². The van der Waals surface area contributed by atoms with E-state index in [0.29, 0.717) is 21.6 Å². The molecule has 6 nitrogen and oxygen atoms in total. The maximum Gasteiger partial charge on any atom is 0.338 e. The van der Waals surface area contributed by atoms with E-state index in [1.54, 1.807) is 18.2 Å². The molecule has 1 aromatic carbocycles. The molecule has 0 aliphatic heterocycles. The van der Waals surface area contributed by atoms with Crippen LogP contribution in [-0.2, 0) is 11.3 Å². The normalized spacial score (nSPS) is 10.1. The van der Waals surface area contributed by atoms with Crippen molar-refractivity contribution in [1.82, 2.24) is 0 Å². The Hall–Kier alpha value is -2.89. The van der Waals surface area contributed by atoms with Gasteiger partial charge in [0.15, 0.2) is 18.2 Å². The fourth-order valence-electron chi connectivity index (χ4n) is 1.89. The highest BCUT2D eigenvalue weighted by Gasteiger charge is 2.12. The number of benzene rings is 1. The first-order valence-electron chi connectivity index (χ1n) is 6.55. The first-order valence-corrected chi connectivity index (χ1v) is 6.55. The fourth-order valence-corrected chi connectivity index (χ4v) is 1.89. The van der Waals surface area contributed by atoms with Gasteiger partial charge in [-0.05, 0) is 25.1 Å². The maximum atomic E-state index is 11.9. The first kappa shape index (κ1) is 15.5. The second-order valence-electron chi connectivity index (χ2n) is 4.61. The van der Waals surface area contributed by atoms with Crippen LogP contribution in [-0.4, -0.2) is 18.9 Å². The van der Waals surface area contributed by atoms with Crippen molar-refractivity contribution >= 4 is 11.8 Å². The van der Waals surface area contributed by atoms with Crippen LogP contribution >= 0.6 is 0 Å². The number of hydrogen-bond acceptors (Lipinski definition) is 5. The van der Waals surface area contributed by atoms with Crippen molar-refractivity contribution in [1.29, 1.82) is 0 Å². The minimum Gasteiger partial charge on any atom is -0.619 e. The van der Waals surface area contributed by atoms with Crippen molar-refractivity contribution in [2.75, 3.05) is 7.11 Å². The standard InChI is InChI=1S/C16H15NO5/c1-11(18)13-3-4-15(21-2)14(9-13)10-22-16(19)12-5-7-17(20)8-6-12/h3-9H,10H2,1-2H3. The topological polar surface area (TPSA) is 79.5 Å². The van der Waals surface area contributed by atoms with Crippen molar-refractivity contribution in [2.24, 2.45) is 0 Å². The minimum atomic E-state index is -0.559. The summed E-state index contributed by atoms with van der Waals surface area (Å²) in [5.74, 6) is -0.113. The Labute approximate surface area is 127 Å². The van der Waals surface area contributed by atoms with Gasteiger partial charge in [0.1, 0.15) is 12.4 Å². The number of esters is 1. The van der Waals surface area contributed by atoms with E-state index in [9.17, 15) is 14.8 Å². The molecule has 1 heterocycles. The number of methoxy groups -OCH3 is 1. The molecule has 0 amide bonds. The lowest BCUT2D eigenvalue weighted by Gasteiger charge is -2.10. The monoisotopic (exact) mass is 301 g/mol. The molecule has 22 heavy (non-hydrogen) atoms. The van der Waals surface area contributed by atoms with Crippen molar-refractivity contribution in [2.45, 2.75) is 13.5 Å². The highest BCUT2D eigenvalue weighted by Crippen LogP contribution is 2.21. The van der Waals surface area contributed by atoms with E-state index >= 15 is 0 Å². The summed E-state index contributed by atoms with van der Waals surface area (Å²) in [6.45, 7) is 1.43. The van der Waals surface area contributed by atoms with Crippen LogP contribution in [0.1, 0.15) is 33.2 Å². The van der Waals surface area contributed by atoms with Crippen LogP contribution in [0.5, 0.6) is 5.75 Å². The fraction of sp³-hybridized carbons (Fsp3) is 0.188. The van der Waals surface area contributed by atoms with E-state index in [-0.39, 0.29) is 18.0 Å². The van der Waals surface area contributed by atoms with Crippen LogP contribution < -0.4 is 9.47 Å². The van der Waals surface area contributed by atoms with Gasteiger partial charge < -0.3 is 14.7 Å². The molecule has 114 valence electrons. The molecule has 0 saturated carbocycles. The molecule has 2 aromatic rings. The van der Waals surface area contributed by atoms with Gasteiger partial charge in [-0.2, -0.15) is 4.73 Å². The van der Waals surface area contributed by atoms with Crippen LogP contribution in [0.4, 0.5) is 0 Å². The Balaban J connectivity index is 2.13. The molecule has 6 heteroatoms. The third kappa shape index (κ3) is 3.60. The lowest BCUT2D eigenvalue weighted by Crippen LogP contribution is -2.24. The van der Waals surface area contributed by atoms with E-state index in [4.69, 9.17) is 9.47 Å². The second kappa shape index (κ2) is 6.71. The van der Waals surface area contributed by atoms with Gasteiger partial charge in [-0.25, -0.2) is 4.79 Å². The van der Waals surface area contributed by atoms with Gasteiger partial charge in [-0.1, -0.05) is 0 Å². The number of ether oxygens (including phenoxy) is 2. The lowest BCUT2D eigenvalue weighted by molar-refractivity contribution is -0.605. The molecule has 0 N–H and O–H groups in total. The average Bonchev–Trinajstić information content (AvgIpc) is 2.52. The summed E-state index contributed by atoms with van der Waals surface area (Å²) in [7, 11) is 1.50. The number of rotatable bonds is 5. The number of carbonyl (C=O) groups is 2. The smallest absolute Gasteiger partial charge is 0.338 e. The predicted octanol–water partition coefficient (Wildman–Crippen LogP) is 1.89.